The summed E-state index contributed by atoms with van der Waals surface area (Å²) in [6, 6.07) is 5.98. The highest BCUT2D eigenvalue weighted by Gasteiger charge is 2.01. The molecule has 1 aromatic rings. The molecule has 0 bridgehead atoms. The molecule has 0 saturated heterocycles. The van der Waals surface area contributed by atoms with E-state index in [1.807, 2.05) is 18.2 Å². The summed E-state index contributed by atoms with van der Waals surface area (Å²) in [5, 5.41) is 0.810. The van der Waals surface area contributed by atoms with Gasteiger partial charge < -0.3 is 5.73 Å². The van der Waals surface area contributed by atoms with E-state index < -0.39 is 0 Å². The molecule has 1 nitrogen and oxygen atoms in total. The molecule has 0 aliphatic rings. The molecule has 0 aliphatic heterocycles. The minimum Gasteiger partial charge on any atom is -0.330 e. The quantitative estimate of drug-likeness (QED) is 0.834. The van der Waals surface area contributed by atoms with Crippen molar-refractivity contribution in [3.8, 4) is 0 Å². The van der Waals surface area contributed by atoms with Crippen LogP contribution in [0.4, 0.5) is 0 Å². The van der Waals surface area contributed by atoms with Crippen molar-refractivity contribution in [2.24, 2.45) is 5.73 Å². The maximum Gasteiger partial charge on any atom is 0.0452 e. The molecule has 0 heterocycles. The molecule has 82 valence electrons. The molecule has 3 heteroatoms. The molecule has 0 unspecified atom stereocenters. The van der Waals surface area contributed by atoms with Crippen LogP contribution in [0.2, 0.25) is 5.02 Å². The summed E-state index contributed by atoms with van der Waals surface area (Å²) >= 11 is 9.51. The Hall–Kier alpha value is -0.310. The maximum absolute atomic E-state index is 6.13. The minimum absolute atomic E-state index is 0.700. The van der Waals surface area contributed by atoms with Crippen LogP contribution < -0.4 is 5.73 Å². The van der Waals surface area contributed by atoms with Gasteiger partial charge in [-0.1, -0.05) is 45.2 Å². The lowest BCUT2D eigenvalue weighted by molar-refractivity contribution is 0.981. The Morgan fingerprint density at radius 2 is 2.27 bits per heavy atom. The third kappa shape index (κ3) is 4.37. The SMILES string of the molecule is C/C(=C/CCN)Cc1ccc(Br)cc1Cl. The van der Waals surface area contributed by atoms with Crippen molar-refractivity contribution < 1.29 is 0 Å². The second-order valence-electron chi connectivity index (χ2n) is 3.54. The molecule has 0 saturated carbocycles. The lowest BCUT2D eigenvalue weighted by Crippen LogP contribution is -1.97. The Bertz CT molecular complexity index is 361. The Balaban J connectivity index is 2.72. The topological polar surface area (TPSA) is 26.0 Å². The largest absolute Gasteiger partial charge is 0.330 e. The molecular formula is C12H15BrClN. The van der Waals surface area contributed by atoms with E-state index in [-0.39, 0.29) is 0 Å². The van der Waals surface area contributed by atoms with Gasteiger partial charge in [-0.15, -0.1) is 0 Å². The summed E-state index contributed by atoms with van der Waals surface area (Å²) in [6.07, 6.45) is 3.99. The van der Waals surface area contributed by atoms with Crippen LogP contribution in [0.1, 0.15) is 18.9 Å². The normalized spacial score (nSPS) is 11.9. The molecule has 0 fully saturated rings. The van der Waals surface area contributed by atoms with E-state index in [1.54, 1.807) is 0 Å². The van der Waals surface area contributed by atoms with Gasteiger partial charge in [0.1, 0.15) is 0 Å². The van der Waals surface area contributed by atoms with Crippen molar-refractivity contribution >= 4 is 27.5 Å². The number of hydrogen-bond acceptors (Lipinski definition) is 1. The molecule has 0 amide bonds. The standard InChI is InChI=1S/C12H15BrClN/c1-9(3-2-6-15)7-10-4-5-11(13)8-12(10)14/h3-5,8H,2,6-7,15H2,1H3/b9-3-. The number of rotatable bonds is 4. The first-order valence-electron chi connectivity index (χ1n) is 4.93. The predicted molar refractivity (Wildman–Crippen MR) is 70.3 cm³/mol. The number of allylic oxidation sites excluding steroid dienone is 1. The fraction of sp³-hybridized carbons (Fsp3) is 0.333. The summed E-state index contributed by atoms with van der Waals surface area (Å²) < 4.78 is 1.01. The van der Waals surface area contributed by atoms with Crippen molar-refractivity contribution in [3.05, 3.63) is 44.9 Å². The minimum atomic E-state index is 0.700. The molecule has 15 heavy (non-hydrogen) atoms. The first-order valence-corrected chi connectivity index (χ1v) is 6.10. The molecular weight excluding hydrogens is 273 g/mol. The van der Waals surface area contributed by atoms with E-state index >= 15 is 0 Å². The summed E-state index contributed by atoms with van der Waals surface area (Å²) in [6.45, 7) is 2.81. The summed E-state index contributed by atoms with van der Waals surface area (Å²) in [5.74, 6) is 0. The molecule has 0 radical (unpaired) electrons. The van der Waals surface area contributed by atoms with Crippen LogP contribution in [-0.4, -0.2) is 6.54 Å². The zero-order valence-electron chi connectivity index (χ0n) is 8.76. The smallest absolute Gasteiger partial charge is 0.0452 e. The van der Waals surface area contributed by atoms with Gasteiger partial charge in [-0.3, -0.25) is 0 Å². The molecule has 0 spiro atoms. The van der Waals surface area contributed by atoms with E-state index in [2.05, 4.69) is 28.9 Å². The zero-order chi connectivity index (χ0) is 11.3. The number of hydrogen-bond donors (Lipinski definition) is 1. The highest BCUT2D eigenvalue weighted by Crippen LogP contribution is 2.23. The first kappa shape index (κ1) is 12.8. The van der Waals surface area contributed by atoms with Crippen LogP contribution in [0.25, 0.3) is 0 Å². The highest BCUT2D eigenvalue weighted by atomic mass is 79.9. The zero-order valence-corrected chi connectivity index (χ0v) is 11.1. The average Bonchev–Trinajstić information content (AvgIpc) is 2.19. The summed E-state index contributed by atoms with van der Waals surface area (Å²) in [5.41, 5.74) is 7.91. The molecule has 1 rings (SSSR count). The summed E-state index contributed by atoms with van der Waals surface area (Å²) in [4.78, 5) is 0. The van der Waals surface area contributed by atoms with Gasteiger partial charge in [0, 0.05) is 9.50 Å². The van der Waals surface area contributed by atoms with Crippen molar-refractivity contribution in [3.63, 3.8) is 0 Å². The molecule has 1 aromatic carbocycles. The van der Waals surface area contributed by atoms with Gasteiger partial charge in [-0.2, -0.15) is 0 Å². The molecule has 2 N–H and O–H groups in total. The van der Waals surface area contributed by atoms with E-state index in [1.165, 1.54) is 5.57 Å². The third-order valence-corrected chi connectivity index (χ3v) is 2.99. The average molecular weight is 289 g/mol. The van der Waals surface area contributed by atoms with Crippen molar-refractivity contribution in [1.29, 1.82) is 0 Å². The lowest BCUT2D eigenvalue weighted by atomic mass is 10.1. The molecule has 0 aromatic heterocycles. The number of benzene rings is 1. The van der Waals surface area contributed by atoms with Gasteiger partial charge >= 0.3 is 0 Å². The maximum atomic E-state index is 6.13. The fourth-order valence-corrected chi connectivity index (χ4v) is 2.11. The van der Waals surface area contributed by atoms with Crippen LogP contribution >= 0.6 is 27.5 Å². The third-order valence-electron chi connectivity index (χ3n) is 2.14. The van der Waals surface area contributed by atoms with Gasteiger partial charge in [0.05, 0.1) is 0 Å². The highest BCUT2D eigenvalue weighted by molar-refractivity contribution is 9.10. The van der Waals surface area contributed by atoms with E-state index in [4.69, 9.17) is 17.3 Å². The molecule has 0 atom stereocenters. The summed E-state index contributed by atoms with van der Waals surface area (Å²) in [7, 11) is 0. The predicted octanol–water partition coefficient (Wildman–Crippen LogP) is 3.94. The van der Waals surface area contributed by atoms with E-state index in [9.17, 15) is 0 Å². The number of halogens is 2. The Morgan fingerprint density at radius 1 is 1.53 bits per heavy atom. The lowest BCUT2D eigenvalue weighted by Gasteiger charge is -2.05. The van der Waals surface area contributed by atoms with Crippen molar-refractivity contribution in [1.82, 2.24) is 0 Å². The monoisotopic (exact) mass is 287 g/mol. The second-order valence-corrected chi connectivity index (χ2v) is 4.86. The Morgan fingerprint density at radius 3 is 2.87 bits per heavy atom. The van der Waals surface area contributed by atoms with Gasteiger partial charge in [0.2, 0.25) is 0 Å². The first-order chi connectivity index (χ1) is 7.13. The van der Waals surface area contributed by atoms with Crippen LogP contribution in [0.5, 0.6) is 0 Å². The van der Waals surface area contributed by atoms with Gasteiger partial charge in [0.25, 0.3) is 0 Å². The van der Waals surface area contributed by atoms with Crippen LogP contribution in [0.15, 0.2) is 34.3 Å². The van der Waals surface area contributed by atoms with Crippen LogP contribution in [-0.2, 0) is 6.42 Å². The van der Waals surface area contributed by atoms with Crippen molar-refractivity contribution in [2.45, 2.75) is 19.8 Å². The second kappa shape index (κ2) is 6.31. The Kier molecular flexibility index (Phi) is 5.37. The van der Waals surface area contributed by atoms with Gasteiger partial charge in [-0.25, -0.2) is 0 Å². The fourth-order valence-electron chi connectivity index (χ4n) is 1.37. The van der Waals surface area contributed by atoms with Crippen LogP contribution in [0, 0.1) is 0 Å². The Labute approximate surface area is 104 Å². The van der Waals surface area contributed by atoms with Crippen molar-refractivity contribution in [2.75, 3.05) is 6.54 Å². The van der Waals surface area contributed by atoms with Gasteiger partial charge in [0.15, 0.2) is 0 Å². The van der Waals surface area contributed by atoms with E-state index in [0.29, 0.717) is 6.54 Å². The number of nitrogens with two attached hydrogens (primary N) is 1. The van der Waals surface area contributed by atoms with Crippen LogP contribution in [0.3, 0.4) is 0 Å². The molecule has 0 aliphatic carbocycles. The van der Waals surface area contributed by atoms with E-state index in [0.717, 1.165) is 27.9 Å². The van der Waals surface area contributed by atoms with Gasteiger partial charge in [-0.05, 0) is 44.0 Å².